The van der Waals surface area contributed by atoms with Gasteiger partial charge in [-0.1, -0.05) is 36.4 Å². The Kier molecular flexibility index (Phi) is 5.76. The molecular formula is C15H14ClNO2. The average Bonchev–Trinajstić information content (AvgIpc) is 2.41. The highest BCUT2D eigenvalue weighted by Crippen LogP contribution is 2.08. The van der Waals surface area contributed by atoms with E-state index in [1.165, 1.54) is 4.58 Å². The molecule has 0 fully saturated rings. The van der Waals surface area contributed by atoms with Gasteiger partial charge in [0.25, 0.3) is 0 Å². The van der Waals surface area contributed by atoms with Crippen molar-refractivity contribution in [1.29, 1.82) is 0 Å². The van der Waals surface area contributed by atoms with Crippen molar-refractivity contribution in [2.75, 3.05) is 7.05 Å². The van der Waals surface area contributed by atoms with Gasteiger partial charge in [0.1, 0.15) is 12.8 Å². The Morgan fingerprint density at radius 3 is 2.11 bits per heavy atom. The van der Waals surface area contributed by atoms with Crippen LogP contribution in [-0.4, -0.2) is 23.9 Å². The van der Waals surface area contributed by atoms with Crippen LogP contribution >= 0.6 is 0 Å². The van der Waals surface area contributed by atoms with Crippen molar-refractivity contribution in [2.24, 2.45) is 0 Å². The number of carbonyl (C=O) groups excluding carboxylic acids is 1. The summed E-state index contributed by atoms with van der Waals surface area (Å²) in [5.74, 6) is 0.538. The third kappa shape index (κ3) is 4.56. The Labute approximate surface area is 118 Å². The van der Waals surface area contributed by atoms with Gasteiger partial charge in [-0.2, -0.15) is 4.79 Å². The van der Waals surface area contributed by atoms with Crippen LogP contribution in [-0.2, 0) is 0 Å². The highest BCUT2D eigenvalue weighted by molar-refractivity contribution is 5.79. The molecule has 1 amide bonds. The number of hydrogen-bond acceptors (Lipinski definition) is 2. The largest absolute Gasteiger partial charge is 1.00 e. The summed E-state index contributed by atoms with van der Waals surface area (Å²) in [5, 5.41) is 0. The molecule has 0 unspecified atom stereocenters. The Balaban J connectivity index is 0.00000180. The minimum absolute atomic E-state index is 0. The predicted molar refractivity (Wildman–Crippen MR) is 70.3 cm³/mol. The smallest absolute Gasteiger partial charge is 0.601 e. The molecule has 0 atom stereocenters. The van der Waals surface area contributed by atoms with Crippen LogP contribution in [0.4, 0.5) is 4.79 Å². The predicted octanol–water partition coefficient (Wildman–Crippen LogP) is -0.0492. The summed E-state index contributed by atoms with van der Waals surface area (Å²) in [7, 11) is 1.66. The first-order chi connectivity index (χ1) is 8.75. The molecule has 0 spiro atoms. The minimum Gasteiger partial charge on any atom is -1.00 e. The lowest BCUT2D eigenvalue weighted by Gasteiger charge is -1.99. The number of amides is 1. The maximum absolute atomic E-state index is 11.8. The van der Waals surface area contributed by atoms with Crippen molar-refractivity contribution in [2.45, 2.75) is 0 Å². The second kappa shape index (κ2) is 7.34. The minimum atomic E-state index is -0.412. The quantitative estimate of drug-likeness (QED) is 0.568. The standard InChI is InChI=1S/C15H14NO2.ClH/c1-16(12-13-8-4-2-5-9-13)15(17)18-14-10-6-3-7-11-14;/h2-12H,1H3;1H/q+1;/p-1/b16-12-;. The fourth-order valence-corrected chi connectivity index (χ4v) is 1.48. The van der Waals surface area contributed by atoms with Crippen LogP contribution in [0, 0.1) is 0 Å². The topological polar surface area (TPSA) is 29.3 Å². The summed E-state index contributed by atoms with van der Waals surface area (Å²) in [5.41, 5.74) is 0.949. The summed E-state index contributed by atoms with van der Waals surface area (Å²) >= 11 is 0. The Morgan fingerprint density at radius 2 is 1.53 bits per heavy atom. The second-order valence-corrected chi connectivity index (χ2v) is 3.83. The maximum atomic E-state index is 11.8. The van der Waals surface area contributed by atoms with Crippen LogP contribution in [0.1, 0.15) is 5.56 Å². The first kappa shape index (κ1) is 14.9. The molecule has 2 rings (SSSR count). The van der Waals surface area contributed by atoms with Gasteiger partial charge in [-0.3, -0.25) is 0 Å². The molecule has 0 radical (unpaired) electrons. The lowest BCUT2D eigenvalue weighted by atomic mass is 10.2. The van der Waals surface area contributed by atoms with E-state index in [1.807, 2.05) is 48.5 Å². The molecule has 3 nitrogen and oxygen atoms in total. The monoisotopic (exact) mass is 275 g/mol. The van der Waals surface area contributed by atoms with E-state index >= 15 is 0 Å². The van der Waals surface area contributed by atoms with Crippen LogP contribution < -0.4 is 17.1 Å². The molecule has 2 aromatic rings. The highest BCUT2D eigenvalue weighted by atomic mass is 35.5. The summed E-state index contributed by atoms with van der Waals surface area (Å²) in [6.07, 6.45) is 1.32. The zero-order valence-corrected chi connectivity index (χ0v) is 11.2. The molecule has 0 heterocycles. The van der Waals surface area contributed by atoms with Gasteiger partial charge in [0.15, 0.2) is 6.21 Å². The van der Waals surface area contributed by atoms with Crippen LogP contribution in [0.15, 0.2) is 60.7 Å². The van der Waals surface area contributed by atoms with Crippen LogP contribution in [0.5, 0.6) is 5.75 Å². The molecule has 98 valence electrons. The molecular weight excluding hydrogens is 262 g/mol. The van der Waals surface area contributed by atoms with Gasteiger partial charge in [-0.05, 0) is 24.3 Å². The van der Waals surface area contributed by atoms with Gasteiger partial charge in [0.2, 0.25) is 0 Å². The Bertz CT molecular complexity index is 553. The van der Waals surface area contributed by atoms with Crippen molar-refractivity contribution >= 4 is 12.3 Å². The van der Waals surface area contributed by atoms with Gasteiger partial charge in [-0.25, -0.2) is 0 Å². The fraction of sp³-hybridized carbons (Fsp3) is 0.0667. The molecule has 0 N–H and O–H groups in total. The number of halogens is 1. The third-order valence-electron chi connectivity index (χ3n) is 2.38. The fourth-order valence-electron chi connectivity index (χ4n) is 1.48. The average molecular weight is 276 g/mol. The van der Waals surface area contributed by atoms with Crippen molar-refractivity contribution in [3.05, 3.63) is 66.2 Å². The van der Waals surface area contributed by atoms with E-state index in [2.05, 4.69) is 0 Å². The van der Waals surface area contributed by atoms with E-state index in [1.54, 1.807) is 25.4 Å². The zero-order chi connectivity index (χ0) is 12.8. The number of nitrogens with zero attached hydrogens (tertiary/aromatic N) is 1. The van der Waals surface area contributed by atoms with Gasteiger partial charge in [0, 0.05) is 5.56 Å². The molecule has 0 aliphatic rings. The van der Waals surface area contributed by atoms with Gasteiger partial charge in [0.05, 0.1) is 0 Å². The maximum Gasteiger partial charge on any atom is 0.601 e. The van der Waals surface area contributed by atoms with E-state index in [4.69, 9.17) is 4.74 Å². The van der Waals surface area contributed by atoms with E-state index in [0.29, 0.717) is 5.75 Å². The molecule has 0 aromatic heterocycles. The van der Waals surface area contributed by atoms with E-state index in [9.17, 15) is 4.79 Å². The summed E-state index contributed by atoms with van der Waals surface area (Å²) in [4.78, 5) is 11.8. The van der Waals surface area contributed by atoms with Crippen LogP contribution in [0.3, 0.4) is 0 Å². The highest BCUT2D eigenvalue weighted by Gasteiger charge is 2.15. The number of benzene rings is 2. The first-order valence-corrected chi connectivity index (χ1v) is 5.65. The van der Waals surface area contributed by atoms with Gasteiger partial charge in [-0.15, -0.1) is 4.58 Å². The van der Waals surface area contributed by atoms with E-state index < -0.39 is 6.09 Å². The van der Waals surface area contributed by atoms with Crippen LogP contribution in [0.2, 0.25) is 0 Å². The summed E-state index contributed by atoms with van der Waals surface area (Å²) in [6.45, 7) is 0. The molecule has 0 bridgehead atoms. The van der Waals surface area contributed by atoms with Crippen molar-refractivity contribution in [1.82, 2.24) is 0 Å². The lowest BCUT2D eigenvalue weighted by molar-refractivity contribution is -0.402. The molecule has 0 aliphatic carbocycles. The number of hydrogen-bond donors (Lipinski definition) is 0. The first-order valence-electron chi connectivity index (χ1n) is 5.65. The number of ether oxygens (including phenoxy) is 1. The zero-order valence-electron chi connectivity index (χ0n) is 10.5. The number of carbonyl (C=O) groups is 1. The number of rotatable bonds is 2. The molecule has 19 heavy (non-hydrogen) atoms. The lowest BCUT2D eigenvalue weighted by Crippen LogP contribution is -3.00. The van der Waals surface area contributed by atoms with Crippen molar-refractivity contribution < 1.29 is 26.5 Å². The molecule has 0 saturated carbocycles. The van der Waals surface area contributed by atoms with E-state index in [-0.39, 0.29) is 12.4 Å². The SMILES string of the molecule is C/[N+](=C/c1ccccc1)C(=O)Oc1ccccc1.[Cl-]. The Hall–Kier alpha value is -2.13. The second-order valence-electron chi connectivity index (χ2n) is 3.83. The molecule has 0 aliphatic heterocycles. The summed E-state index contributed by atoms with van der Waals surface area (Å²) in [6, 6.07) is 18.6. The number of para-hydroxylation sites is 1. The van der Waals surface area contributed by atoms with E-state index in [0.717, 1.165) is 5.56 Å². The summed E-state index contributed by atoms with van der Waals surface area (Å²) < 4.78 is 6.62. The van der Waals surface area contributed by atoms with Gasteiger partial charge >= 0.3 is 6.09 Å². The molecule has 0 saturated heterocycles. The van der Waals surface area contributed by atoms with Crippen molar-refractivity contribution in [3.8, 4) is 5.75 Å². The molecule has 2 aromatic carbocycles. The molecule has 4 heteroatoms. The third-order valence-corrected chi connectivity index (χ3v) is 2.38. The van der Waals surface area contributed by atoms with Crippen LogP contribution in [0.25, 0.3) is 0 Å². The van der Waals surface area contributed by atoms with Crippen molar-refractivity contribution in [3.63, 3.8) is 0 Å². The Morgan fingerprint density at radius 1 is 1.00 bits per heavy atom. The normalized spacial score (nSPS) is 10.5. The van der Waals surface area contributed by atoms with Gasteiger partial charge < -0.3 is 17.1 Å².